The summed E-state index contributed by atoms with van der Waals surface area (Å²) < 4.78 is 5.01. The average Bonchev–Trinajstić information content (AvgIpc) is 2.37. The molecule has 0 radical (unpaired) electrons. The van der Waals surface area contributed by atoms with Crippen molar-refractivity contribution in [2.24, 2.45) is 0 Å². The van der Waals surface area contributed by atoms with Gasteiger partial charge in [-0.2, -0.15) is 15.0 Å². The fourth-order valence-corrected chi connectivity index (χ4v) is 1.83. The first-order valence-electron chi connectivity index (χ1n) is 5.96. The topological polar surface area (TPSA) is 47.9 Å². The Balaban J connectivity index is 2.50. The number of halogens is 1. The number of rotatable bonds is 2. The molecule has 19 heavy (non-hydrogen) atoms. The molecule has 0 aliphatic carbocycles. The maximum Gasteiger partial charge on any atom is 0.321 e. The normalized spacial score (nSPS) is 11.4. The second kappa shape index (κ2) is 5.13. The molecule has 0 N–H and O–H groups in total. The lowest BCUT2D eigenvalue weighted by atomic mass is 9.86. The molecule has 4 nitrogen and oxygen atoms in total. The van der Waals surface area contributed by atoms with E-state index in [4.69, 9.17) is 16.3 Å². The van der Waals surface area contributed by atoms with E-state index in [0.29, 0.717) is 5.82 Å². The minimum Gasteiger partial charge on any atom is -0.467 e. The van der Waals surface area contributed by atoms with Gasteiger partial charge in [0.1, 0.15) is 0 Å². The van der Waals surface area contributed by atoms with Crippen LogP contribution >= 0.6 is 11.6 Å². The summed E-state index contributed by atoms with van der Waals surface area (Å²) in [6.45, 7) is 6.48. The van der Waals surface area contributed by atoms with Crippen molar-refractivity contribution in [2.45, 2.75) is 26.2 Å². The number of ether oxygens (including phenoxy) is 1. The van der Waals surface area contributed by atoms with E-state index in [2.05, 4.69) is 47.9 Å². The van der Waals surface area contributed by atoms with Crippen LogP contribution in [0.5, 0.6) is 6.01 Å². The number of hydrogen-bond acceptors (Lipinski definition) is 4. The van der Waals surface area contributed by atoms with Gasteiger partial charge in [0, 0.05) is 5.56 Å². The van der Waals surface area contributed by atoms with E-state index in [1.165, 1.54) is 12.7 Å². The molecule has 0 aliphatic heterocycles. The monoisotopic (exact) mass is 277 g/mol. The molecule has 2 aromatic rings. The molecule has 0 spiro atoms. The standard InChI is InChI=1S/C14H16ClN3O/c1-14(2,3)10-7-5-6-9(8-10)11-16-12(15)18-13(17-11)19-4/h5-8H,1-4H3. The molecule has 5 heteroatoms. The maximum atomic E-state index is 5.87. The van der Waals surface area contributed by atoms with Crippen molar-refractivity contribution in [3.8, 4) is 17.4 Å². The van der Waals surface area contributed by atoms with Gasteiger partial charge >= 0.3 is 6.01 Å². The molecule has 0 fully saturated rings. The summed E-state index contributed by atoms with van der Waals surface area (Å²) in [6.07, 6.45) is 0. The van der Waals surface area contributed by atoms with Crippen LogP contribution in [-0.4, -0.2) is 22.1 Å². The second-order valence-electron chi connectivity index (χ2n) is 5.25. The van der Waals surface area contributed by atoms with Gasteiger partial charge in [0.05, 0.1) is 7.11 Å². The minimum atomic E-state index is 0.0664. The molecule has 0 unspecified atom stereocenters. The fraction of sp³-hybridized carbons (Fsp3) is 0.357. The van der Waals surface area contributed by atoms with Crippen LogP contribution in [0.25, 0.3) is 11.4 Å². The van der Waals surface area contributed by atoms with Gasteiger partial charge in [-0.15, -0.1) is 0 Å². The Bertz CT molecular complexity index is 593. The molecule has 0 saturated heterocycles. The van der Waals surface area contributed by atoms with Crippen LogP contribution in [0.15, 0.2) is 24.3 Å². The Morgan fingerprint density at radius 2 is 1.84 bits per heavy atom. The van der Waals surface area contributed by atoms with E-state index >= 15 is 0 Å². The Morgan fingerprint density at radius 3 is 2.47 bits per heavy atom. The summed E-state index contributed by atoms with van der Waals surface area (Å²) >= 11 is 5.87. The van der Waals surface area contributed by atoms with E-state index in [0.717, 1.165) is 5.56 Å². The van der Waals surface area contributed by atoms with Crippen LogP contribution in [0.4, 0.5) is 0 Å². The van der Waals surface area contributed by atoms with Crippen molar-refractivity contribution in [3.05, 3.63) is 35.1 Å². The summed E-state index contributed by atoms with van der Waals surface area (Å²) in [4.78, 5) is 12.2. The van der Waals surface area contributed by atoms with Gasteiger partial charge < -0.3 is 4.74 Å². The Kier molecular flexibility index (Phi) is 3.71. The molecular formula is C14H16ClN3O. The van der Waals surface area contributed by atoms with Gasteiger partial charge in [0.2, 0.25) is 5.28 Å². The summed E-state index contributed by atoms with van der Waals surface area (Å²) in [7, 11) is 1.50. The first-order chi connectivity index (χ1) is 8.90. The van der Waals surface area contributed by atoms with Gasteiger partial charge in [-0.1, -0.05) is 39.0 Å². The molecule has 1 aromatic carbocycles. The molecule has 1 heterocycles. The van der Waals surface area contributed by atoms with Gasteiger partial charge in [-0.05, 0) is 28.6 Å². The molecule has 0 amide bonds. The third-order valence-corrected chi connectivity index (χ3v) is 2.93. The average molecular weight is 278 g/mol. The first-order valence-corrected chi connectivity index (χ1v) is 6.34. The highest BCUT2D eigenvalue weighted by Gasteiger charge is 2.15. The number of hydrogen-bond donors (Lipinski definition) is 0. The van der Waals surface area contributed by atoms with Gasteiger partial charge in [0.15, 0.2) is 5.82 Å². The van der Waals surface area contributed by atoms with Crippen molar-refractivity contribution in [2.75, 3.05) is 7.11 Å². The van der Waals surface area contributed by atoms with Crippen molar-refractivity contribution >= 4 is 11.6 Å². The fourth-order valence-electron chi connectivity index (χ4n) is 1.68. The zero-order valence-corrected chi connectivity index (χ0v) is 12.2. The number of nitrogens with zero attached hydrogens (tertiary/aromatic N) is 3. The van der Waals surface area contributed by atoms with Crippen LogP contribution in [0.1, 0.15) is 26.3 Å². The lowest BCUT2D eigenvalue weighted by molar-refractivity contribution is 0.379. The maximum absolute atomic E-state index is 5.87. The van der Waals surface area contributed by atoms with Crippen LogP contribution in [-0.2, 0) is 5.41 Å². The number of benzene rings is 1. The van der Waals surface area contributed by atoms with E-state index in [-0.39, 0.29) is 16.7 Å². The van der Waals surface area contributed by atoms with Crippen molar-refractivity contribution in [1.29, 1.82) is 0 Å². The van der Waals surface area contributed by atoms with E-state index in [1.807, 2.05) is 12.1 Å². The molecule has 2 rings (SSSR count). The molecular weight excluding hydrogens is 262 g/mol. The second-order valence-corrected chi connectivity index (χ2v) is 5.58. The summed E-state index contributed by atoms with van der Waals surface area (Å²) in [5.41, 5.74) is 2.17. The molecule has 0 atom stereocenters. The Labute approximate surface area is 117 Å². The lowest BCUT2D eigenvalue weighted by Gasteiger charge is -2.19. The number of methoxy groups -OCH3 is 1. The quantitative estimate of drug-likeness (QED) is 0.843. The van der Waals surface area contributed by atoms with Crippen LogP contribution in [0, 0.1) is 0 Å². The molecule has 100 valence electrons. The largest absolute Gasteiger partial charge is 0.467 e. The summed E-state index contributed by atoms with van der Waals surface area (Å²) in [5, 5.41) is 0.128. The van der Waals surface area contributed by atoms with E-state index < -0.39 is 0 Å². The highest BCUT2D eigenvalue weighted by molar-refractivity contribution is 6.28. The van der Waals surface area contributed by atoms with Gasteiger partial charge in [0.25, 0.3) is 0 Å². The SMILES string of the molecule is COc1nc(Cl)nc(-c2cccc(C(C)(C)C)c2)n1. The smallest absolute Gasteiger partial charge is 0.321 e. The predicted molar refractivity (Wildman–Crippen MR) is 75.5 cm³/mol. The highest BCUT2D eigenvalue weighted by atomic mass is 35.5. The lowest BCUT2D eigenvalue weighted by Crippen LogP contribution is -2.11. The van der Waals surface area contributed by atoms with Crippen LogP contribution in [0.3, 0.4) is 0 Å². The Hall–Kier alpha value is -1.68. The van der Waals surface area contributed by atoms with Crippen LogP contribution < -0.4 is 4.74 Å². The van der Waals surface area contributed by atoms with E-state index in [1.54, 1.807) is 0 Å². The van der Waals surface area contributed by atoms with E-state index in [9.17, 15) is 0 Å². The number of aromatic nitrogens is 3. The molecule has 0 bridgehead atoms. The third-order valence-electron chi connectivity index (χ3n) is 2.76. The van der Waals surface area contributed by atoms with Crippen molar-refractivity contribution < 1.29 is 4.74 Å². The van der Waals surface area contributed by atoms with Gasteiger partial charge in [-0.3, -0.25) is 0 Å². The summed E-state index contributed by atoms with van der Waals surface area (Å²) in [6, 6.07) is 8.30. The first kappa shape index (κ1) is 13.7. The Morgan fingerprint density at radius 1 is 1.11 bits per heavy atom. The zero-order chi connectivity index (χ0) is 14.0. The third kappa shape index (κ3) is 3.20. The zero-order valence-electron chi connectivity index (χ0n) is 11.4. The minimum absolute atomic E-state index is 0.0664. The summed E-state index contributed by atoms with van der Waals surface area (Å²) in [5.74, 6) is 0.517. The van der Waals surface area contributed by atoms with Crippen molar-refractivity contribution in [1.82, 2.24) is 15.0 Å². The molecule has 0 aliphatic rings. The highest BCUT2D eigenvalue weighted by Crippen LogP contribution is 2.26. The molecule has 0 saturated carbocycles. The van der Waals surface area contributed by atoms with Gasteiger partial charge in [-0.25, -0.2) is 0 Å². The van der Waals surface area contributed by atoms with Crippen molar-refractivity contribution in [3.63, 3.8) is 0 Å². The molecule has 1 aromatic heterocycles. The van der Waals surface area contributed by atoms with Crippen LogP contribution in [0.2, 0.25) is 5.28 Å². The predicted octanol–water partition coefficient (Wildman–Crippen LogP) is 3.50.